The molecular formula is C13H11IN2O2. The van der Waals surface area contributed by atoms with Crippen LogP contribution in [0.25, 0.3) is 0 Å². The minimum atomic E-state index is -0.237. The smallest absolute Gasteiger partial charge is 0.271 e. The average molecular weight is 354 g/mol. The fourth-order valence-corrected chi connectivity index (χ4v) is 1.91. The van der Waals surface area contributed by atoms with Gasteiger partial charge in [-0.15, -0.1) is 0 Å². The highest BCUT2D eigenvalue weighted by atomic mass is 127. The van der Waals surface area contributed by atoms with E-state index < -0.39 is 0 Å². The quantitative estimate of drug-likeness (QED) is 0.523. The van der Waals surface area contributed by atoms with Gasteiger partial charge in [0.1, 0.15) is 11.5 Å². The van der Waals surface area contributed by atoms with Gasteiger partial charge >= 0.3 is 0 Å². The zero-order valence-electron chi connectivity index (χ0n) is 9.68. The van der Waals surface area contributed by atoms with Gasteiger partial charge in [-0.1, -0.05) is 6.07 Å². The SMILES string of the molecule is C/C(=N\NC(=O)c1cccc(I)c1)c1ccco1. The van der Waals surface area contributed by atoms with Crippen LogP contribution in [-0.2, 0) is 0 Å². The zero-order valence-corrected chi connectivity index (χ0v) is 11.8. The summed E-state index contributed by atoms with van der Waals surface area (Å²) < 4.78 is 6.18. The van der Waals surface area contributed by atoms with Gasteiger partial charge in [-0.25, -0.2) is 5.43 Å². The molecule has 1 amide bonds. The lowest BCUT2D eigenvalue weighted by molar-refractivity contribution is 0.0954. The van der Waals surface area contributed by atoms with Crippen molar-refractivity contribution >= 4 is 34.2 Å². The number of benzene rings is 1. The van der Waals surface area contributed by atoms with Gasteiger partial charge in [-0.05, 0) is 59.8 Å². The predicted octanol–water partition coefficient (Wildman–Crippen LogP) is 3.04. The van der Waals surface area contributed by atoms with Crippen LogP contribution >= 0.6 is 22.6 Å². The molecule has 1 N–H and O–H groups in total. The fourth-order valence-electron chi connectivity index (χ4n) is 1.37. The summed E-state index contributed by atoms with van der Waals surface area (Å²) >= 11 is 2.16. The summed E-state index contributed by atoms with van der Waals surface area (Å²) in [6.07, 6.45) is 1.57. The molecule has 2 rings (SSSR count). The second-order valence-electron chi connectivity index (χ2n) is 3.63. The number of furan rings is 1. The van der Waals surface area contributed by atoms with Crippen molar-refractivity contribution in [2.75, 3.05) is 0 Å². The van der Waals surface area contributed by atoms with E-state index in [-0.39, 0.29) is 5.91 Å². The van der Waals surface area contributed by atoms with Crippen LogP contribution in [0.4, 0.5) is 0 Å². The molecular weight excluding hydrogens is 343 g/mol. The van der Waals surface area contributed by atoms with Gasteiger partial charge in [0, 0.05) is 9.13 Å². The number of hydrogen-bond donors (Lipinski definition) is 1. The van der Waals surface area contributed by atoms with E-state index in [2.05, 4.69) is 33.1 Å². The summed E-state index contributed by atoms with van der Waals surface area (Å²) in [5.41, 5.74) is 3.71. The largest absolute Gasteiger partial charge is 0.463 e. The molecule has 18 heavy (non-hydrogen) atoms. The molecule has 1 aromatic carbocycles. The number of nitrogens with zero attached hydrogens (tertiary/aromatic N) is 1. The first-order valence-electron chi connectivity index (χ1n) is 5.31. The predicted molar refractivity (Wildman–Crippen MR) is 77.5 cm³/mol. The van der Waals surface area contributed by atoms with E-state index in [9.17, 15) is 4.79 Å². The lowest BCUT2D eigenvalue weighted by atomic mass is 10.2. The Morgan fingerprint density at radius 1 is 1.33 bits per heavy atom. The Hall–Kier alpha value is -1.63. The first kappa shape index (κ1) is 12.8. The number of hydrazone groups is 1. The third-order valence-electron chi connectivity index (χ3n) is 2.29. The zero-order chi connectivity index (χ0) is 13.0. The molecule has 5 heteroatoms. The summed E-state index contributed by atoms with van der Waals surface area (Å²) in [6.45, 7) is 1.77. The molecule has 1 heterocycles. The van der Waals surface area contributed by atoms with Gasteiger partial charge in [-0.3, -0.25) is 4.79 Å². The van der Waals surface area contributed by atoms with Crippen molar-refractivity contribution in [3.63, 3.8) is 0 Å². The maximum absolute atomic E-state index is 11.8. The standard InChI is InChI=1S/C13H11IN2O2/c1-9(12-6-3-7-18-12)15-16-13(17)10-4-2-5-11(14)8-10/h2-8H,1H3,(H,16,17)/b15-9+. The lowest BCUT2D eigenvalue weighted by Gasteiger charge is -2.01. The number of carbonyl (C=O) groups excluding carboxylic acids is 1. The summed E-state index contributed by atoms with van der Waals surface area (Å²) in [5, 5.41) is 3.99. The fraction of sp³-hybridized carbons (Fsp3) is 0.0769. The Bertz CT molecular complexity index is 576. The normalized spacial score (nSPS) is 11.3. The van der Waals surface area contributed by atoms with E-state index in [1.165, 1.54) is 0 Å². The molecule has 0 aliphatic rings. The van der Waals surface area contributed by atoms with Gasteiger partial charge < -0.3 is 4.42 Å². The van der Waals surface area contributed by atoms with E-state index in [1.54, 1.807) is 37.5 Å². The lowest BCUT2D eigenvalue weighted by Crippen LogP contribution is -2.19. The highest BCUT2D eigenvalue weighted by molar-refractivity contribution is 14.1. The van der Waals surface area contributed by atoms with Crippen molar-refractivity contribution in [1.82, 2.24) is 5.43 Å². The van der Waals surface area contributed by atoms with Crippen LogP contribution in [0.15, 0.2) is 52.2 Å². The Labute approximate surface area is 118 Å². The van der Waals surface area contributed by atoms with E-state index in [1.807, 2.05) is 12.1 Å². The molecule has 2 aromatic rings. The van der Waals surface area contributed by atoms with Crippen LogP contribution in [0.2, 0.25) is 0 Å². The van der Waals surface area contributed by atoms with E-state index in [0.717, 1.165) is 3.57 Å². The molecule has 0 saturated carbocycles. The van der Waals surface area contributed by atoms with Crippen LogP contribution in [0.5, 0.6) is 0 Å². The third kappa shape index (κ3) is 3.19. The monoisotopic (exact) mass is 354 g/mol. The average Bonchev–Trinajstić information content (AvgIpc) is 2.89. The van der Waals surface area contributed by atoms with Crippen LogP contribution < -0.4 is 5.43 Å². The van der Waals surface area contributed by atoms with Gasteiger partial charge in [0.25, 0.3) is 5.91 Å². The summed E-state index contributed by atoms with van der Waals surface area (Å²) in [6, 6.07) is 10.9. The second kappa shape index (κ2) is 5.81. The number of rotatable bonds is 3. The maximum atomic E-state index is 11.8. The Kier molecular flexibility index (Phi) is 4.14. The molecule has 0 unspecified atom stereocenters. The Balaban J connectivity index is 2.07. The number of hydrogen-bond acceptors (Lipinski definition) is 3. The van der Waals surface area contributed by atoms with Crippen molar-refractivity contribution in [2.45, 2.75) is 6.92 Å². The molecule has 0 aliphatic heterocycles. The molecule has 0 saturated heterocycles. The molecule has 0 fully saturated rings. The van der Waals surface area contributed by atoms with Crippen LogP contribution in [0.1, 0.15) is 23.0 Å². The molecule has 1 aromatic heterocycles. The van der Waals surface area contributed by atoms with Crippen molar-refractivity contribution in [1.29, 1.82) is 0 Å². The molecule has 0 bridgehead atoms. The highest BCUT2D eigenvalue weighted by Crippen LogP contribution is 2.07. The van der Waals surface area contributed by atoms with Crippen molar-refractivity contribution in [3.05, 3.63) is 57.6 Å². The van der Waals surface area contributed by atoms with Crippen molar-refractivity contribution < 1.29 is 9.21 Å². The van der Waals surface area contributed by atoms with E-state index in [4.69, 9.17) is 4.42 Å². The minimum Gasteiger partial charge on any atom is -0.463 e. The van der Waals surface area contributed by atoms with Gasteiger partial charge in [0.2, 0.25) is 0 Å². The first-order valence-corrected chi connectivity index (χ1v) is 6.39. The number of amides is 1. The van der Waals surface area contributed by atoms with Gasteiger partial charge in [0.05, 0.1) is 6.26 Å². The van der Waals surface area contributed by atoms with Gasteiger partial charge in [0.15, 0.2) is 0 Å². The third-order valence-corrected chi connectivity index (χ3v) is 2.96. The van der Waals surface area contributed by atoms with Gasteiger partial charge in [-0.2, -0.15) is 5.10 Å². The van der Waals surface area contributed by atoms with Crippen molar-refractivity contribution in [2.24, 2.45) is 5.10 Å². The molecule has 4 nitrogen and oxygen atoms in total. The topological polar surface area (TPSA) is 54.6 Å². The van der Waals surface area contributed by atoms with Crippen LogP contribution in [-0.4, -0.2) is 11.6 Å². The highest BCUT2D eigenvalue weighted by Gasteiger charge is 2.05. The first-order chi connectivity index (χ1) is 8.66. The molecule has 0 aliphatic carbocycles. The maximum Gasteiger partial charge on any atom is 0.271 e. The number of halogens is 1. The number of carbonyl (C=O) groups is 1. The Morgan fingerprint density at radius 2 is 2.17 bits per heavy atom. The number of nitrogens with one attached hydrogen (secondary N) is 1. The molecule has 92 valence electrons. The summed E-state index contributed by atoms with van der Waals surface area (Å²) in [4.78, 5) is 11.8. The molecule has 0 atom stereocenters. The molecule has 0 radical (unpaired) electrons. The minimum absolute atomic E-state index is 0.237. The van der Waals surface area contributed by atoms with E-state index in [0.29, 0.717) is 17.0 Å². The second-order valence-corrected chi connectivity index (χ2v) is 4.87. The van der Waals surface area contributed by atoms with Crippen LogP contribution in [0, 0.1) is 3.57 Å². The Morgan fingerprint density at radius 3 is 2.83 bits per heavy atom. The molecule has 0 spiro atoms. The summed E-state index contributed by atoms with van der Waals surface area (Å²) in [7, 11) is 0. The summed E-state index contributed by atoms with van der Waals surface area (Å²) in [5.74, 6) is 0.400. The van der Waals surface area contributed by atoms with E-state index >= 15 is 0 Å². The van der Waals surface area contributed by atoms with Crippen LogP contribution in [0.3, 0.4) is 0 Å². The van der Waals surface area contributed by atoms with Crippen molar-refractivity contribution in [3.8, 4) is 0 Å².